The fraction of sp³-hybridized carbons (Fsp3) is 0.500. The van der Waals surface area contributed by atoms with Crippen LogP contribution >= 0.6 is 0 Å². The van der Waals surface area contributed by atoms with Crippen molar-refractivity contribution in [2.45, 2.75) is 44.1 Å². The third-order valence-electron chi connectivity index (χ3n) is 6.62. The Morgan fingerprint density at radius 1 is 1.06 bits per heavy atom. The number of hydrogen-bond donors (Lipinski definition) is 2. The van der Waals surface area contributed by atoms with Crippen molar-refractivity contribution >= 4 is 11.6 Å². The smallest absolute Gasteiger partial charge is 0.252 e. The lowest BCUT2D eigenvalue weighted by Crippen LogP contribution is -2.50. The molecule has 7 nitrogen and oxygen atoms in total. The van der Waals surface area contributed by atoms with Crippen molar-refractivity contribution in [2.75, 3.05) is 44.7 Å². The molecule has 178 valence electrons. The topological polar surface area (TPSA) is 74.3 Å². The largest absolute Gasteiger partial charge is 0.497 e. The van der Waals surface area contributed by atoms with Gasteiger partial charge in [0.25, 0.3) is 5.91 Å². The molecule has 4 rings (SSSR count). The average Bonchev–Trinajstić information content (AvgIpc) is 2.88. The van der Waals surface area contributed by atoms with Crippen LogP contribution in [0.5, 0.6) is 5.75 Å². The molecular formula is C26H35N3O4. The van der Waals surface area contributed by atoms with E-state index in [9.17, 15) is 9.90 Å². The van der Waals surface area contributed by atoms with Gasteiger partial charge >= 0.3 is 0 Å². The summed E-state index contributed by atoms with van der Waals surface area (Å²) in [6.45, 7) is 5.43. The first-order valence-electron chi connectivity index (χ1n) is 11.9. The van der Waals surface area contributed by atoms with Crippen LogP contribution in [0.4, 0.5) is 5.69 Å². The van der Waals surface area contributed by atoms with Crippen molar-refractivity contribution in [1.29, 1.82) is 0 Å². The van der Waals surface area contributed by atoms with E-state index in [1.165, 1.54) is 5.69 Å². The Hall–Kier alpha value is -2.61. The van der Waals surface area contributed by atoms with Gasteiger partial charge in [-0.2, -0.15) is 0 Å². The lowest BCUT2D eigenvalue weighted by atomic mass is 9.98. The molecule has 0 radical (unpaired) electrons. The monoisotopic (exact) mass is 453 g/mol. The summed E-state index contributed by atoms with van der Waals surface area (Å²) in [6, 6.07) is 18.1. The molecule has 2 heterocycles. The molecule has 0 aromatic heterocycles. The second kappa shape index (κ2) is 11.5. The molecule has 2 fully saturated rings. The van der Waals surface area contributed by atoms with E-state index in [1.807, 2.05) is 30.3 Å². The number of nitrogens with zero attached hydrogens (tertiary/aromatic N) is 2. The summed E-state index contributed by atoms with van der Waals surface area (Å²) in [5, 5.41) is 13.3. The Bertz CT molecular complexity index is 869. The predicted molar refractivity (Wildman–Crippen MR) is 128 cm³/mol. The molecule has 2 saturated heterocycles. The predicted octanol–water partition coefficient (Wildman–Crippen LogP) is 2.43. The van der Waals surface area contributed by atoms with Crippen molar-refractivity contribution in [3.8, 4) is 5.75 Å². The number of methoxy groups -OCH3 is 1. The van der Waals surface area contributed by atoms with E-state index in [-0.39, 0.29) is 12.0 Å². The molecule has 0 spiro atoms. The van der Waals surface area contributed by atoms with Gasteiger partial charge in [0.05, 0.1) is 19.3 Å². The quantitative estimate of drug-likeness (QED) is 0.640. The van der Waals surface area contributed by atoms with Crippen LogP contribution in [0.1, 0.15) is 24.8 Å². The molecule has 7 heteroatoms. The highest BCUT2D eigenvalue weighted by atomic mass is 16.5. The van der Waals surface area contributed by atoms with E-state index >= 15 is 0 Å². The van der Waals surface area contributed by atoms with Crippen LogP contribution in [0.25, 0.3) is 0 Å². The van der Waals surface area contributed by atoms with Gasteiger partial charge in [-0.1, -0.05) is 30.3 Å². The Morgan fingerprint density at radius 2 is 1.79 bits per heavy atom. The summed E-state index contributed by atoms with van der Waals surface area (Å²) in [5.41, 5.74) is 2.26. The molecule has 0 unspecified atom stereocenters. The Labute approximate surface area is 196 Å². The minimum atomic E-state index is -0.808. The van der Waals surface area contributed by atoms with Crippen LogP contribution in [-0.2, 0) is 16.1 Å². The van der Waals surface area contributed by atoms with Gasteiger partial charge in [0.15, 0.2) is 6.10 Å². The number of carbonyl (C=O) groups is 1. The van der Waals surface area contributed by atoms with Crippen molar-refractivity contribution in [2.24, 2.45) is 0 Å². The maximum atomic E-state index is 12.7. The number of carbonyl (C=O) groups excluding carboxylic acids is 1. The maximum absolute atomic E-state index is 12.7. The van der Waals surface area contributed by atoms with Gasteiger partial charge in [-0.3, -0.25) is 9.69 Å². The number of ether oxygens (including phenoxy) is 2. The third-order valence-corrected chi connectivity index (χ3v) is 6.62. The number of rotatable bonds is 8. The highest BCUT2D eigenvalue weighted by Gasteiger charge is 2.35. The number of hydrogen-bond acceptors (Lipinski definition) is 6. The number of anilines is 1. The van der Waals surface area contributed by atoms with Crippen LogP contribution < -0.4 is 15.0 Å². The second-order valence-corrected chi connectivity index (χ2v) is 8.84. The zero-order chi connectivity index (χ0) is 23.0. The van der Waals surface area contributed by atoms with Gasteiger partial charge in [-0.05, 0) is 49.1 Å². The van der Waals surface area contributed by atoms with Crippen LogP contribution in [0, 0.1) is 0 Å². The Kier molecular flexibility index (Phi) is 8.20. The molecule has 0 aliphatic carbocycles. The Morgan fingerprint density at radius 3 is 2.48 bits per heavy atom. The fourth-order valence-corrected chi connectivity index (χ4v) is 4.55. The minimum Gasteiger partial charge on any atom is -0.497 e. The molecule has 0 bridgehead atoms. The van der Waals surface area contributed by atoms with Gasteiger partial charge in [-0.15, -0.1) is 0 Å². The van der Waals surface area contributed by atoms with Crippen LogP contribution in [0.15, 0.2) is 54.6 Å². The zero-order valence-corrected chi connectivity index (χ0v) is 19.4. The summed E-state index contributed by atoms with van der Waals surface area (Å²) < 4.78 is 11.2. The average molecular weight is 454 g/mol. The fourth-order valence-electron chi connectivity index (χ4n) is 4.55. The highest BCUT2D eigenvalue weighted by molar-refractivity contribution is 5.81. The molecule has 0 saturated carbocycles. The molecular weight excluding hydrogens is 418 g/mol. The molecule has 2 aliphatic rings. The summed E-state index contributed by atoms with van der Waals surface area (Å²) in [4.78, 5) is 17.6. The van der Waals surface area contributed by atoms with E-state index in [4.69, 9.17) is 9.47 Å². The van der Waals surface area contributed by atoms with E-state index in [0.717, 1.165) is 56.9 Å². The summed E-state index contributed by atoms with van der Waals surface area (Å²) >= 11 is 0. The van der Waals surface area contributed by atoms with Crippen LogP contribution in [0.3, 0.4) is 0 Å². The van der Waals surface area contributed by atoms with Crippen molar-refractivity contribution in [3.63, 3.8) is 0 Å². The molecule has 1 amide bonds. The number of nitrogens with one attached hydrogen (secondary N) is 1. The number of aliphatic hydroxyl groups is 1. The minimum absolute atomic E-state index is 0.00251. The van der Waals surface area contributed by atoms with Gasteiger partial charge in [0.1, 0.15) is 5.75 Å². The van der Waals surface area contributed by atoms with Crippen LogP contribution in [0.2, 0.25) is 0 Å². The SMILES string of the molecule is COc1ccc(CNC(=O)[C@H]2O[C@H](CCN3CCN(c4ccccc4)CC3)CC[C@@H]2O)cc1. The standard InChI is InChI=1S/C26H35N3O4/c1-32-22-9-7-20(8-10-22)19-27-26(31)25-24(30)12-11-23(33-25)13-14-28-15-17-29(18-16-28)21-5-3-2-4-6-21/h2-10,23-25,30H,11-19H2,1H3,(H,27,31)/t23-,24-,25-/m0/s1. The second-order valence-electron chi connectivity index (χ2n) is 8.84. The first-order valence-corrected chi connectivity index (χ1v) is 11.9. The first kappa shape index (κ1) is 23.5. The van der Waals surface area contributed by atoms with Crippen LogP contribution in [-0.4, -0.2) is 74.1 Å². The number of para-hydroxylation sites is 1. The number of benzene rings is 2. The molecule has 33 heavy (non-hydrogen) atoms. The maximum Gasteiger partial charge on any atom is 0.252 e. The normalized spacial score (nSPS) is 23.8. The number of aliphatic hydroxyl groups excluding tert-OH is 1. The summed E-state index contributed by atoms with van der Waals surface area (Å²) in [7, 11) is 1.62. The lowest BCUT2D eigenvalue weighted by molar-refractivity contribution is -0.158. The van der Waals surface area contributed by atoms with Gasteiger partial charge in [-0.25, -0.2) is 0 Å². The zero-order valence-electron chi connectivity index (χ0n) is 19.4. The van der Waals surface area contributed by atoms with Crippen molar-refractivity contribution in [1.82, 2.24) is 10.2 Å². The molecule has 3 atom stereocenters. The molecule has 2 aromatic carbocycles. The van der Waals surface area contributed by atoms with Gasteiger partial charge < -0.3 is 24.8 Å². The van der Waals surface area contributed by atoms with Crippen molar-refractivity contribution < 1.29 is 19.4 Å². The van der Waals surface area contributed by atoms with E-state index in [2.05, 4.69) is 39.4 Å². The summed E-state index contributed by atoms with van der Waals surface area (Å²) in [5.74, 6) is 0.528. The lowest BCUT2D eigenvalue weighted by Gasteiger charge is -2.38. The van der Waals surface area contributed by atoms with E-state index in [0.29, 0.717) is 13.0 Å². The van der Waals surface area contributed by atoms with Gasteiger partial charge in [0.2, 0.25) is 0 Å². The third kappa shape index (κ3) is 6.47. The van der Waals surface area contributed by atoms with E-state index in [1.54, 1.807) is 7.11 Å². The Balaban J connectivity index is 1.20. The summed E-state index contributed by atoms with van der Waals surface area (Å²) in [6.07, 6.45) is 0.682. The molecule has 2 aliphatic heterocycles. The molecule has 2 N–H and O–H groups in total. The molecule has 2 aromatic rings. The van der Waals surface area contributed by atoms with E-state index < -0.39 is 12.2 Å². The van der Waals surface area contributed by atoms with Crippen molar-refractivity contribution in [3.05, 3.63) is 60.2 Å². The van der Waals surface area contributed by atoms with Gasteiger partial charge in [0, 0.05) is 45.0 Å². The number of piperazine rings is 1. The highest BCUT2D eigenvalue weighted by Crippen LogP contribution is 2.23. The number of amides is 1. The first-order chi connectivity index (χ1) is 16.1.